The van der Waals surface area contributed by atoms with Gasteiger partial charge in [0.05, 0.1) is 18.5 Å². The van der Waals surface area contributed by atoms with E-state index in [0.29, 0.717) is 13.1 Å². The lowest BCUT2D eigenvalue weighted by Gasteiger charge is -2.19. The van der Waals surface area contributed by atoms with E-state index in [9.17, 15) is 4.79 Å². The van der Waals surface area contributed by atoms with Crippen molar-refractivity contribution >= 4 is 5.91 Å². The summed E-state index contributed by atoms with van der Waals surface area (Å²) in [4.78, 5) is 13.2. The summed E-state index contributed by atoms with van der Waals surface area (Å²) in [6, 6.07) is 2.17. The van der Waals surface area contributed by atoms with Gasteiger partial charge in [0.2, 0.25) is 5.91 Å². The zero-order valence-corrected chi connectivity index (χ0v) is 7.92. The van der Waals surface area contributed by atoms with Crippen LogP contribution in [0.3, 0.4) is 0 Å². The van der Waals surface area contributed by atoms with Gasteiger partial charge in [-0.15, -0.1) is 0 Å². The van der Waals surface area contributed by atoms with Crippen molar-refractivity contribution in [2.75, 3.05) is 26.2 Å². The molecule has 1 atom stereocenters. The molecule has 0 aliphatic carbocycles. The van der Waals surface area contributed by atoms with Gasteiger partial charge in [-0.2, -0.15) is 5.26 Å². The smallest absolute Gasteiger partial charge is 0.234 e. The Bertz CT molecular complexity index is 221. The Morgan fingerprint density at radius 3 is 3.23 bits per heavy atom. The Morgan fingerprint density at radius 2 is 2.54 bits per heavy atom. The van der Waals surface area contributed by atoms with E-state index in [0.717, 1.165) is 19.5 Å². The fourth-order valence-electron chi connectivity index (χ4n) is 1.45. The van der Waals surface area contributed by atoms with Crippen molar-refractivity contribution in [2.45, 2.75) is 13.3 Å². The quantitative estimate of drug-likeness (QED) is 0.650. The molecule has 72 valence electrons. The molecular weight excluding hydrogens is 166 g/mol. The maximum Gasteiger partial charge on any atom is 0.234 e. The summed E-state index contributed by atoms with van der Waals surface area (Å²) in [5.74, 6) is 0.0774. The lowest BCUT2D eigenvalue weighted by molar-refractivity contribution is -0.121. The first-order valence-corrected chi connectivity index (χ1v) is 4.61. The van der Waals surface area contributed by atoms with Crippen molar-refractivity contribution in [3.63, 3.8) is 0 Å². The molecule has 0 saturated carbocycles. The summed E-state index contributed by atoms with van der Waals surface area (Å²) in [6.45, 7) is 4.68. The van der Waals surface area contributed by atoms with Gasteiger partial charge in [-0.1, -0.05) is 0 Å². The summed E-state index contributed by atoms with van der Waals surface area (Å²) >= 11 is 0. The molecule has 1 heterocycles. The molecule has 1 fully saturated rings. The average molecular weight is 181 g/mol. The van der Waals surface area contributed by atoms with Gasteiger partial charge < -0.3 is 5.32 Å². The van der Waals surface area contributed by atoms with Crippen LogP contribution in [0.25, 0.3) is 0 Å². The molecule has 0 spiro atoms. The second-order valence-electron chi connectivity index (χ2n) is 3.47. The number of nitriles is 1. The molecule has 0 bridgehead atoms. The SMILES string of the molecule is CC(C#N)CN1CCCNC(=O)C1. The van der Waals surface area contributed by atoms with Crippen LogP contribution in [0.15, 0.2) is 0 Å². The molecule has 1 unspecified atom stereocenters. The molecule has 0 aromatic rings. The number of hydrogen-bond acceptors (Lipinski definition) is 3. The van der Waals surface area contributed by atoms with E-state index in [1.165, 1.54) is 0 Å². The molecule has 4 heteroatoms. The van der Waals surface area contributed by atoms with Crippen LogP contribution in [0.2, 0.25) is 0 Å². The number of amides is 1. The third-order valence-electron chi connectivity index (χ3n) is 2.09. The largest absolute Gasteiger partial charge is 0.355 e. The fourth-order valence-corrected chi connectivity index (χ4v) is 1.45. The summed E-state index contributed by atoms with van der Waals surface area (Å²) in [5.41, 5.74) is 0. The van der Waals surface area contributed by atoms with Gasteiger partial charge in [-0.3, -0.25) is 9.69 Å². The van der Waals surface area contributed by atoms with Crippen LogP contribution in [0.4, 0.5) is 0 Å². The molecule has 1 saturated heterocycles. The first-order valence-electron chi connectivity index (χ1n) is 4.61. The Morgan fingerprint density at radius 1 is 1.77 bits per heavy atom. The summed E-state index contributed by atoms with van der Waals surface area (Å²) in [6.07, 6.45) is 0.976. The molecule has 0 aromatic heterocycles. The Hall–Kier alpha value is -1.08. The number of carbonyl (C=O) groups is 1. The molecule has 0 aromatic carbocycles. The maximum atomic E-state index is 11.1. The van der Waals surface area contributed by atoms with Gasteiger partial charge in [0.15, 0.2) is 0 Å². The van der Waals surface area contributed by atoms with Gasteiger partial charge >= 0.3 is 0 Å². The Labute approximate surface area is 78.5 Å². The lowest BCUT2D eigenvalue weighted by atomic mass is 10.2. The van der Waals surface area contributed by atoms with Crippen LogP contribution in [-0.4, -0.2) is 37.0 Å². The van der Waals surface area contributed by atoms with Crippen LogP contribution in [0.1, 0.15) is 13.3 Å². The number of hydrogen-bond donors (Lipinski definition) is 1. The van der Waals surface area contributed by atoms with E-state index in [1.807, 2.05) is 11.8 Å². The highest BCUT2D eigenvalue weighted by atomic mass is 16.2. The second kappa shape index (κ2) is 4.83. The van der Waals surface area contributed by atoms with E-state index < -0.39 is 0 Å². The van der Waals surface area contributed by atoms with Crippen LogP contribution in [-0.2, 0) is 4.79 Å². The number of rotatable bonds is 2. The van der Waals surface area contributed by atoms with E-state index >= 15 is 0 Å². The highest BCUT2D eigenvalue weighted by Gasteiger charge is 2.15. The average Bonchev–Trinajstić information content (AvgIpc) is 2.30. The number of nitrogens with zero attached hydrogens (tertiary/aromatic N) is 2. The molecular formula is C9H15N3O. The zero-order valence-electron chi connectivity index (χ0n) is 7.92. The molecule has 0 radical (unpaired) electrons. The second-order valence-corrected chi connectivity index (χ2v) is 3.47. The van der Waals surface area contributed by atoms with Crippen molar-refractivity contribution in [1.29, 1.82) is 5.26 Å². The van der Waals surface area contributed by atoms with E-state index in [2.05, 4.69) is 11.4 Å². The van der Waals surface area contributed by atoms with E-state index in [1.54, 1.807) is 0 Å². The number of carbonyl (C=O) groups excluding carboxylic acids is 1. The Kier molecular flexibility index (Phi) is 3.71. The minimum atomic E-state index is 0.00546. The maximum absolute atomic E-state index is 11.1. The predicted octanol–water partition coefficient (Wildman–Crippen LogP) is -0.0320. The van der Waals surface area contributed by atoms with Crippen LogP contribution < -0.4 is 5.32 Å². The van der Waals surface area contributed by atoms with Crippen LogP contribution >= 0.6 is 0 Å². The molecule has 1 rings (SSSR count). The normalized spacial score (nSPS) is 21.4. The number of nitrogens with one attached hydrogen (secondary N) is 1. The minimum absolute atomic E-state index is 0.00546. The molecule has 1 aliphatic rings. The van der Waals surface area contributed by atoms with Gasteiger partial charge in [-0.05, 0) is 13.3 Å². The van der Waals surface area contributed by atoms with Crippen LogP contribution in [0.5, 0.6) is 0 Å². The van der Waals surface area contributed by atoms with Crippen molar-refractivity contribution in [1.82, 2.24) is 10.2 Å². The van der Waals surface area contributed by atoms with Gasteiger partial charge in [0.1, 0.15) is 0 Å². The van der Waals surface area contributed by atoms with Gasteiger partial charge in [-0.25, -0.2) is 0 Å². The van der Waals surface area contributed by atoms with Crippen LogP contribution in [0, 0.1) is 17.2 Å². The fraction of sp³-hybridized carbons (Fsp3) is 0.778. The van der Waals surface area contributed by atoms with E-state index in [4.69, 9.17) is 5.26 Å². The third-order valence-corrected chi connectivity index (χ3v) is 2.09. The van der Waals surface area contributed by atoms with E-state index in [-0.39, 0.29) is 11.8 Å². The molecule has 1 aliphatic heterocycles. The molecule has 4 nitrogen and oxygen atoms in total. The first-order chi connectivity index (χ1) is 6.22. The molecule has 1 amide bonds. The predicted molar refractivity (Wildman–Crippen MR) is 48.8 cm³/mol. The summed E-state index contributed by atoms with van der Waals surface area (Å²) in [7, 11) is 0. The minimum Gasteiger partial charge on any atom is -0.355 e. The monoisotopic (exact) mass is 181 g/mol. The van der Waals surface area contributed by atoms with Crippen molar-refractivity contribution < 1.29 is 4.79 Å². The van der Waals surface area contributed by atoms with Crippen molar-refractivity contribution in [3.05, 3.63) is 0 Å². The Balaban J connectivity index is 2.40. The topological polar surface area (TPSA) is 56.1 Å². The van der Waals surface area contributed by atoms with Crippen molar-refractivity contribution in [2.24, 2.45) is 5.92 Å². The standard InChI is InChI=1S/C9H15N3O/c1-8(5-10)6-12-4-2-3-11-9(13)7-12/h8H,2-4,6-7H2,1H3,(H,11,13). The van der Waals surface area contributed by atoms with Gasteiger partial charge in [0, 0.05) is 19.6 Å². The highest BCUT2D eigenvalue weighted by molar-refractivity contribution is 5.78. The lowest BCUT2D eigenvalue weighted by Crippen LogP contribution is -2.35. The highest BCUT2D eigenvalue weighted by Crippen LogP contribution is 2.01. The summed E-state index contributed by atoms with van der Waals surface area (Å²) < 4.78 is 0. The third kappa shape index (κ3) is 3.43. The van der Waals surface area contributed by atoms with Crippen molar-refractivity contribution in [3.8, 4) is 6.07 Å². The molecule has 13 heavy (non-hydrogen) atoms. The first kappa shape index (κ1) is 10.0. The van der Waals surface area contributed by atoms with Gasteiger partial charge in [0.25, 0.3) is 0 Å². The summed E-state index contributed by atoms with van der Waals surface area (Å²) in [5, 5.41) is 11.4. The zero-order chi connectivity index (χ0) is 9.68. The molecule has 1 N–H and O–H groups in total.